The van der Waals surface area contributed by atoms with Crippen LogP contribution in [0.5, 0.6) is 11.5 Å². The third kappa shape index (κ3) is 2.37. The van der Waals surface area contributed by atoms with E-state index in [1.54, 1.807) is 0 Å². The fraction of sp³-hybridized carbons (Fsp3) is 0.294. The van der Waals surface area contributed by atoms with Crippen LogP contribution >= 0.6 is 0 Å². The Morgan fingerprint density at radius 3 is 2.60 bits per heavy atom. The molecule has 2 aromatic carbocycles. The molecule has 0 radical (unpaired) electrons. The highest BCUT2D eigenvalue weighted by Gasteiger charge is 2.17. The van der Waals surface area contributed by atoms with Gasteiger partial charge in [-0.1, -0.05) is 37.3 Å². The number of benzene rings is 2. The molecule has 0 bridgehead atoms. The Labute approximate surface area is 119 Å². The van der Waals surface area contributed by atoms with Crippen molar-refractivity contribution in [2.24, 2.45) is 5.73 Å². The van der Waals surface area contributed by atoms with Crippen LogP contribution < -0.4 is 15.2 Å². The van der Waals surface area contributed by atoms with Crippen molar-refractivity contribution in [3.63, 3.8) is 0 Å². The van der Waals surface area contributed by atoms with E-state index in [1.165, 1.54) is 11.1 Å². The lowest BCUT2D eigenvalue weighted by molar-refractivity contribution is 0.171. The largest absolute Gasteiger partial charge is 0.486 e. The van der Waals surface area contributed by atoms with Gasteiger partial charge >= 0.3 is 0 Å². The summed E-state index contributed by atoms with van der Waals surface area (Å²) < 4.78 is 11.2. The van der Waals surface area contributed by atoms with Crippen LogP contribution in [0.25, 0.3) is 0 Å². The summed E-state index contributed by atoms with van der Waals surface area (Å²) in [5.41, 5.74) is 9.94. The Balaban J connectivity index is 1.96. The topological polar surface area (TPSA) is 44.5 Å². The van der Waals surface area contributed by atoms with E-state index in [-0.39, 0.29) is 6.04 Å². The molecular formula is C17H19NO2. The molecule has 1 atom stereocenters. The van der Waals surface area contributed by atoms with Crippen molar-refractivity contribution >= 4 is 0 Å². The molecule has 1 heterocycles. The SMILES string of the molecule is CCc1ccccc1C(N)c1ccc2c(c1)OCCO2. The first-order chi connectivity index (χ1) is 9.79. The summed E-state index contributed by atoms with van der Waals surface area (Å²) in [5.74, 6) is 1.59. The predicted molar refractivity (Wildman–Crippen MR) is 79.3 cm³/mol. The molecule has 1 unspecified atom stereocenters. The van der Waals surface area contributed by atoms with Crippen LogP contribution in [0.15, 0.2) is 42.5 Å². The smallest absolute Gasteiger partial charge is 0.161 e. The second kappa shape index (κ2) is 5.55. The van der Waals surface area contributed by atoms with Crippen molar-refractivity contribution in [2.45, 2.75) is 19.4 Å². The molecule has 1 aliphatic rings. The number of hydrogen-bond acceptors (Lipinski definition) is 3. The van der Waals surface area contributed by atoms with Crippen LogP contribution in [0, 0.1) is 0 Å². The standard InChI is InChI=1S/C17H19NO2/c1-2-12-5-3-4-6-14(12)17(18)13-7-8-15-16(11-13)20-10-9-19-15/h3-8,11,17H,2,9-10,18H2,1H3. The second-order valence-electron chi connectivity index (χ2n) is 4.93. The molecule has 0 saturated heterocycles. The zero-order valence-electron chi connectivity index (χ0n) is 11.6. The van der Waals surface area contributed by atoms with Gasteiger partial charge in [-0.3, -0.25) is 0 Å². The van der Waals surface area contributed by atoms with Crippen LogP contribution in [0.1, 0.15) is 29.7 Å². The molecule has 0 aliphatic carbocycles. The molecule has 0 spiro atoms. The van der Waals surface area contributed by atoms with Gasteiger partial charge in [0.2, 0.25) is 0 Å². The zero-order chi connectivity index (χ0) is 13.9. The van der Waals surface area contributed by atoms with E-state index in [0.29, 0.717) is 13.2 Å². The van der Waals surface area contributed by atoms with E-state index < -0.39 is 0 Å². The molecule has 0 amide bonds. The Morgan fingerprint density at radius 1 is 1.05 bits per heavy atom. The number of aryl methyl sites for hydroxylation is 1. The maximum absolute atomic E-state index is 6.43. The molecule has 20 heavy (non-hydrogen) atoms. The first kappa shape index (κ1) is 13.0. The summed E-state index contributed by atoms with van der Waals surface area (Å²) in [5, 5.41) is 0. The summed E-state index contributed by atoms with van der Waals surface area (Å²) in [6.45, 7) is 3.35. The van der Waals surface area contributed by atoms with Crippen LogP contribution in [-0.4, -0.2) is 13.2 Å². The van der Waals surface area contributed by atoms with E-state index in [2.05, 4.69) is 25.1 Å². The maximum atomic E-state index is 6.43. The van der Waals surface area contributed by atoms with Crippen molar-refractivity contribution in [3.05, 3.63) is 59.2 Å². The number of nitrogens with two attached hydrogens (primary N) is 1. The number of fused-ring (bicyclic) bond motifs is 1. The Hall–Kier alpha value is -2.00. The molecule has 3 nitrogen and oxygen atoms in total. The van der Waals surface area contributed by atoms with E-state index in [0.717, 1.165) is 23.5 Å². The third-order valence-electron chi connectivity index (χ3n) is 3.70. The van der Waals surface area contributed by atoms with E-state index in [1.807, 2.05) is 24.3 Å². The minimum absolute atomic E-state index is 0.137. The van der Waals surface area contributed by atoms with E-state index >= 15 is 0 Å². The summed E-state index contributed by atoms with van der Waals surface area (Å²) in [6.07, 6.45) is 0.981. The van der Waals surface area contributed by atoms with Crippen molar-refractivity contribution < 1.29 is 9.47 Å². The van der Waals surface area contributed by atoms with Gasteiger partial charge in [-0.25, -0.2) is 0 Å². The molecule has 3 rings (SSSR count). The van der Waals surface area contributed by atoms with Crippen LogP contribution in [0.4, 0.5) is 0 Å². The number of ether oxygens (including phenoxy) is 2. The zero-order valence-corrected chi connectivity index (χ0v) is 11.6. The monoisotopic (exact) mass is 269 g/mol. The maximum Gasteiger partial charge on any atom is 0.161 e. The predicted octanol–water partition coefficient (Wildman–Crippen LogP) is 3.07. The van der Waals surface area contributed by atoms with E-state index in [4.69, 9.17) is 15.2 Å². The molecule has 1 aliphatic heterocycles. The quantitative estimate of drug-likeness (QED) is 0.931. The van der Waals surface area contributed by atoms with Gasteiger partial charge in [0.15, 0.2) is 11.5 Å². The second-order valence-corrected chi connectivity index (χ2v) is 4.93. The Bertz CT molecular complexity index is 610. The normalized spacial score (nSPS) is 14.9. The van der Waals surface area contributed by atoms with Gasteiger partial charge in [0.05, 0.1) is 6.04 Å². The average molecular weight is 269 g/mol. The lowest BCUT2D eigenvalue weighted by Crippen LogP contribution is -2.17. The van der Waals surface area contributed by atoms with E-state index in [9.17, 15) is 0 Å². The lowest BCUT2D eigenvalue weighted by Gasteiger charge is -2.21. The Kier molecular flexibility index (Phi) is 3.61. The molecule has 3 heteroatoms. The molecule has 2 aromatic rings. The molecule has 0 fully saturated rings. The van der Waals surface area contributed by atoms with Crippen LogP contribution in [-0.2, 0) is 6.42 Å². The fourth-order valence-corrected chi connectivity index (χ4v) is 2.59. The first-order valence-electron chi connectivity index (χ1n) is 7.02. The van der Waals surface area contributed by atoms with Crippen molar-refractivity contribution in [1.82, 2.24) is 0 Å². The number of hydrogen-bond donors (Lipinski definition) is 1. The molecule has 0 saturated carbocycles. The lowest BCUT2D eigenvalue weighted by atomic mass is 9.94. The van der Waals surface area contributed by atoms with Gasteiger partial charge in [0.1, 0.15) is 13.2 Å². The van der Waals surface area contributed by atoms with Gasteiger partial charge < -0.3 is 15.2 Å². The summed E-state index contributed by atoms with van der Waals surface area (Å²) in [4.78, 5) is 0. The van der Waals surface area contributed by atoms with Gasteiger partial charge in [-0.15, -0.1) is 0 Å². The van der Waals surface area contributed by atoms with Crippen molar-refractivity contribution in [3.8, 4) is 11.5 Å². The minimum Gasteiger partial charge on any atom is -0.486 e. The highest BCUT2D eigenvalue weighted by Crippen LogP contribution is 2.34. The highest BCUT2D eigenvalue weighted by molar-refractivity contribution is 5.47. The minimum atomic E-state index is -0.137. The number of rotatable bonds is 3. The van der Waals surface area contributed by atoms with Gasteiger partial charge in [-0.2, -0.15) is 0 Å². The van der Waals surface area contributed by atoms with Crippen LogP contribution in [0.2, 0.25) is 0 Å². The fourth-order valence-electron chi connectivity index (χ4n) is 2.59. The summed E-state index contributed by atoms with van der Waals surface area (Å²) in [7, 11) is 0. The van der Waals surface area contributed by atoms with Crippen molar-refractivity contribution in [2.75, 3.05) is 13.2 Å². The van der Waals surface area contributed by atoms with Gasteiger partial charge in [0.25, 0.3) is 0 Å². The molecule has 2 N–H and O–H groups in total. The van der Waals surface area contributed by atoms with Gasteiger partial charge in [0, 0.05) is 0 Å². The summed E-state index contributed by atoms with van der Waals surface area (Å²) in [6, 6.07) is 14.1. The summed E-state index contributed by atoms with van der Waals surface area (Å²) >= 11 is 0. The Morgan fingerprint density at radius 2 is 1.80 bits per heavy atom. The average Bonchev–Trinajstić information content (AvgIpc) is 2.53. The molecule has 0 aromatic heterocycles. The van der Waals surface area contributed by atoms with Gasteiger partial charge in [-0.05, 0) is 35.2 Å². The van der Waals surface area contributed by atoms with Crippen LogP contribution in [0.3, 0.4) is 0 Å². The highest BCUT2D eigenvalue weighted by atomic mass is 16.6. The molecular weight excluding hydrogens is 250 g/mol. The third-order valence-corrected chi connectivity index (χ3v) is 3.70. The molecule has 104 valence electrons. The van der Waals surface area contributed by atoms with Crippen molar-refractivity contribution in [1.29, 1.82) is 0 Å². The first-order valence-corrected chi connectivity index (χ1v) is 7.02.